The number of halogens is 1. The largest absolute Gasteiger partial charge is 0.129 e. The van der Waals surface area contributed by atoms with E-state index in [-0.39, 0.29) is 0 Å². The van der Waals surface area contributed by atoms with E-state index in [4.69, 9.17) is 0 Å². The van der Waals surface area contributed by atoms with E-state index in [2.05, 4.69) is 77.2 Å². The molecule has 17 heavy (non-hydrogen) atoms. The number of hydrogen-bond donors (Lipinski definition) is 0. The van der Waals surface area contributed by atoms with E-state index < -0.39 is 0 Å². The molecular formula is C16H23Br. The third kappa shape index (κ3) is 15.2. The molecule has 0 fully saturated rings. The fraction of sp³-hybridized carbons (Fsp3) is 0.438. The van der Waals surface area contributed by atoms with Gasteiger partial charge in [-0.15, -0.1) is 5.73 Å². The molecule has 0 nitrogen and oxygen atoms in total. The molecule has 0 amide bonds. The second-order valence-electron chi connectivity index (χ2n) is 3.58. The van der Waals surface area contributed by atoms with Gasteiger partial charge in [-0.25, -0.2) is 0 Å². The second kappa shape index (κ2) is 15.2. The van der Waals surface area contributed by atoms with E-state index in [0.29, 0.717) is 0 Å². The topological polar surface area (TPSA) is 0 Å². The van der Waals surface area contributed by atoms with Crippen molar-refractivity contribution in [2.24, 2.45) is 0 Å². The number of alkyl halides is 1. The van der Waals surface area contributed by atoms with E-state index >= 15 is 0 Å². The molecule has 0 unspecified atom stereocenters. The number of allylic oxidation sites excluding steroid dienone is 7. The van der Waals surface area contributed by atoms with Gasteiger partial charge in [0.2, 0.25) is 0 Å². The lowest BCUT2D eigenvalue weighted by molar-refractivity contribution is 1.19. The van der Waals surface area contributed by atoms with Crippen LogP contribution in [0.5, 0.6) is 0 Å². The third-order valence-electron chi connectivity index (χ3n) is 2.02. The second-order valence-corrected chi connectivity index (χ2v) is 4.38. The van der Waals surface area contributed by atoms with Crippen molar-refractivity contribution in [2.45, 2.75) is 39.0 Å². The first-order chi connectivity index (χ1) is 8.41. The summed E-state index contributed by atoms with van der Waals surface area (Å²) in [6, 6.07) is 0. The molecule has 0 radical (unpaired) electrons. The molecule has 1 heteroatoms. The molecule has 0 aromatic carbocycles. The predicted octanol–water partition coefficient (Wildman–Crippen LogP) is 5.73. The summed E-state index contributed by atoms with van der Waals surface area (Å²) in [6.07, 6.45) is 22.6. The molecule has 0 saturated heterocycles. The van der Waals surface area contributed by atoms with Gasteiger partial charge < -0.3 is 0 Å². The minimum atomic E-state index is 0.975. The first-order valence-corrected chi connectivity index (χ1v) is 7.44. The van der Waals surface area contributed by atoms with Crippen LogP contribution < -0.4 is 0 Å². The molecule has 0 aliphatic rings. The lowest BCUT2D eigenvalue weighted by atomic mass is 10.2. The zero-order valence-electron chi connectivity index (χ0n) is 10.7. The van der Waals surface area contributed by atoms with Crippen LogP contribution in [-0.2, 0) is 0 Å². The summed E-state index contributed by atoms with van der Waals surface area (Å²) in [5.74, 6) is 0. The predicted molar refractivity (Wildman–Crippen MR) is 82.6 cm³/mol. The lowest BCUT2D eigenvalue weighted by Gasteiger charge is -1.83. The van der Waals surface area contributed by atoms with Gasteiger partial charge in [-0.05, 0) is 44.3 Å². The number of hydrogen-bond acceptors (Lipinski definition) is 0. The zero-order chi connectivity index (χ0) is 12.6. The lowest BCUT2D eigenvalue weighted by Crippen LogP contribution is -1.63. The van der Waals surface area contributed by atoms with Gasteiger partial charge >= 0.3 is 0 Å². The molecule has 0 saturated carbocycles. The summed E-state index contributed by atoms with van der Waals surface area (Å²) < 4.78 is 0. The Hall–Kier alpha value is -0.780. The van der Waals surface area contributed by atoms with E-state index in [1.54, 1.807) is 0 Å². The molecule has 0 aliphatic carbocycles. The minimum absolute atomic E-state index is 0.975. The zero-order valence-corrected chi connectivity index (χ0v) is 12.3. The summed E-state index contributed by atoms with van der Waals surface area (Å²) in [5, 5.41) is 1.01. The van der Waals surface area contributed by atoms with Crippen molar-refractivity contribution >= 4 is 15.9 Å². The van der Waals surface area contributed by atoms with Gasteiger partial charge in [0.15, 0.2) is 0 Å². The summed E-state index contributed by atoms with van der Waals surface area (Å²) in [7, 11) is 0. The first-order valence-electron chi connectivity index (χ1n) is 6.32. The quantitative estimate of drug-likeness (QED) is 0.289. The van der Waals surface area contributed by atoms with Gasteiger partial charge in [0, 0.05) is 5.33 Å². The van der Waals surface area contributed by atoms with Crippen LogP contribution in [0.3, 0.4) is 0 Å². The molecule has 0 bridgehead atoms. The smallest absolute Gasteiger partial charge is 0.00719 e. The van der Waals surface area contributed by atoms with Crippen molar-refractivity contribution < 1.29 is 0 Å². The Labute approximate surface area is 115 Å². The van der Waals surface area contributed by atoms with E-state index in [0.717, 1.165) is 37.4 Å². The standard InChI is InChI=1S/C16H23Br/c1-2-3-4-5-6-7-8-9-10-11-12-13-14-15-16-17/h3-4,6-7,9-10,12,14H,2,5,8,11,15-16H2,1H3/b4-3-,7-6-,10-9-. The SMILES string of the molecule is CC/C=C\C/C=C\C/C=C\CC=C=CCCBr. The van der Waals surface area contributed by atoms with Crippen LogP contribution in [0.1, 0.15) is 39.0 Å². The summed E-state index contributed by atoms with van der Waals surface area (Å²) >= 11 is 3.37. The Balaban J connectivity index is 3.48. The molecule has 0 aromatic rings. The molecule has 0 N–H and O–H groups in total. The van der Waals surface area contributed by atoms with Crippen LogP contribution in [0.15, 0.2) is 54.3 Å². The van der Waals surface area contributed by atoms with Crippen molar-refractivity contribution in [1.82, 2.24) is 0 Å². The van der Waals surface area contributed by atoms with E-state index in [9.17, 15) is 0 Å². The molecule has 0 rings (SSSR count). The molecular weight excluding hydrogens is 272 g/mol. The van der Waals surface area contributed by atoms with Gasteiger partial charge in [-0.3, -0.25) is 0 Å². The highest BCUT2D eigenvalue weighted by atomic mass is 79.9. The van der Waals surface area contributed by atoms with E-state index in [1.165, 1.54) is 0 Å². The van der Waals surface area contributed by atoms with Gasteiger partial charge in [-0.2, -0.15) is 0 Å². The third-order valence-corrected chi connectivity index (χ3v) is 2.48. The monoisotopic (exact) mass is 294 g/mol. The highest BCUT2D eigenvalue weighted by Crippen LogP contribution is 1.94. The van der Waals surface area contributed by atoms with Crippen molar-refractivity contribution in [3.05, 3.63) is 54.3 Å². The van der Waals surface area contributed by atoms with Crippen LogP contribution in [0.4, 0.5) is 0 Å². The Morgan fingerprint density at radius 1 is 0.824 bits per heavy atom. The average Bonchev–Trinajstić information content (AvgIpc) is 2.35. The van der Waals surface area contributed by atoms with Crippen LogP contribution >= 0.6 is 15.9 Å². The van der Waals surface area contributed by atoms with Crippen molar-refractivity contribution in [2.75, 3.05) is 5.33 Å². The first kappa shape index (κ1) is 16.2. The van der Waals surface area contributed by atoms with Crippen LogP contribution in [0, 0.1) is 0 Å². The summed E-state index contributed by atoms with van der Waals surface area (Å²) in [6.45, 7) is 2.16. The van der Waals surface area contributed by atoms with Gasteiger partial charge in [0.25, 0.3) is 0 Å². The fourth-order valence-corrected chi connectivity index (χ4v) is 1.39. The normalized spacial score (nSPS) is 11.4. The van der Waals surface area contributed by atoms with Crippen LogP contribution in [-0.4, -0.2) is 5.33 Å². The molecule has 0 heterocycles. The fourth-order valence-electron chi connectivity index (χ4n) is 1.16. The maximum atomic E-state index is 3.37. The molecule has 0 spiro atoms. The Morgan fingerprint density at radius 2 is 1.41 bits per heavy atom. The van der Waals surface area contributed by atoms with Crippen LogP contribution in [0.2, 0.25) is 0 Å². The van der Waals surface area contributed by atoms with Crippen molar-refractivity contribution in [3.8, 4) is 0 Å². The van der Waals surface area contributed by atoms with Crippen molar-refractivity contribution in [1.29, 1.82) is 0 Å². The Kier molecular flexibility index (Phi) is 14.5. The molecule has 0 aliphatic heterocycles. The van der Waals surface area contributed by atoms with Gasteiger partial charge in [-0.1, -0.05) is 59.3 Å². The van der Waals surface area contributed by atoms with Crippen molar-refractivity contribution in [3.63, 3.8) is 0 Å². The minimum Gasteiger partial charge on any atom is -0.129 e. The van der Waals surface area contributed by atoms with Gasteiger partial charge in [0.05, 0.1) is 0 Å². The highest BCUT2D eigenvalue weighted by molar-refractivity contribution is 9.09. The maximum Gasteiger partial charge on any atom is 0.00719 e. The van der Waals surface area contributed by atoms with Crippen LogP contribution in [0.25, 0.3) is 0 Å². The average molecular weight is 295 g/mol. The molecule has 0 atom stereocenters. The van der Waals surface area contributed by atoms with E-state index in [1.807, 2.05) is 0 Å². The highest BCUT2D eigenvalue weighted by Gasteiger charge is 1.73. The Morgan fingerprint density at radius 3 is 2.00 bits per heavy atom. The summed E-state index contributed by atoms with van der Waals surface area (Å²) in [4.78, 5) is 0. The summed E-state index contributed by atoms with van der Waals surface area (Å²) in [5.41, 5.74) is 3.15. The van der Waals surface area contributed by atoms with Gasteiger partial charge in [0.1, 0.15) is 0 Å². The number of rotatable bonds is 9. The maximum absolute atomic E-state index is 3.37. The molecule has 94 valence electrons. The Bertz CT molecular complexity index is 289. The molecule has 0 aromatic heterocycles.